The zero-order valence-corrected chi connectivity index (χ0v) is 15.2. The summed E-state index contributed by atoms with van der Waals surface area (Å²) in [5, 5.41) is 1.05. The number of carbonyl (C=O) groups is 1. The van der Waals surface area contributed by atoms with Crippen LogP contribution in [0.5, 0.6) is 5.75 Å². The molecule has 2 rings (SSSR count). The Labute approximate surface area is 145 Å². The normalized spacial score (nSPS) is 11.3. The Balaban J connectivity index is 2.21. The van der Waals surface area contributed by atoms with Crippen molar-refractivity contribution in [2.45, 2.75) is 46.0 Å². The third-order valence-electron chi connectivity index (χ3n) is 4.59. The molecule has 4 nitrogen and oxygen atoms in total. The molecule has 0 aliphatic rings. The molecule has 132 valence electrons. The molecule has 0 saturated carbocycles. The van der Waals surface area contributed by atoms with Gasteiger partial charge in [0.15, 0.2) is 6.29 Å². The zero-order chi connectivity index (χ0) is 17.4. The van der Waals surface area contributed by atoms with Gasteiger partial charge in [0.25, 0.3) is 0 Å². The molecule has 0 saturated heterocycles. The number of aromatic amines is 1. The summed E-state index contributed by atoms with van der Waals surface area (Å²) < 4.78 is 5.51. The zero-order valence-electron chi connectivity index (χ0n) is 15.2. The quantitative estimate of drug-likeness (QED) is 0.620. The summed E-state index contributed by atoms with van der Waals surface area (Å²) in [7, 11) is 1.68. The fourth-order valence-corrected chi connectivity index (χ4v) is 3.20. The highest BCUT2D eigenvalue weighted by Gasteiger charge is 2.16. The molecule has 0 spiro atoms. The molecule has 0 unspecified atom stereocenters. The number of nitrogens with zero attached hydrogens (tertiary/aromatic N) is 1. The third-order valence-corrected chi connectivity index (χ3v) is 4.59. The van der Waals surface area contributed by atoms with Gasteiger partial charge in [-0.05, 0) is 50.0 Å². The molecule has 1 aromatic heterocycles. The van der Waals surface area contributed by atoms with Crippen molar-refractivity contribution in [1.82, 2.24) is 9.88 Å². The highest BCUT2D eigenvalue weighted by Crippen LogP contribution is 2.31. The lowest BCUT2D eigenvalue weighted by molar-refractivity contribution is 0.111. The van der Waals surface area contributed by atoms with Gasteiger partial charge in [0.2, 0.25) is 0 Å². The molecule has 1 heterocycles. The molecule has 2 aromatic rings. The summed E-state index contributed by atoms with van der Waals surface area (Å²) in [5.41, 5.74) is 2.73. The minimum Gasteiger partial charge on any atom is -0.496 e. The molecule has 0 aliphatic carbocycles. The number of benzene rings is 1. The molecule has 0 amide bonds. The number of rotatable bonds is 11. The summed E-state index contributed by atoms with van der Waals surface area (Å²) >= 11 is 0. The summed E-state index contributed by atoms with van der Waals surface area (Å²) in [6.45, 7) is 7.70. The second-order valence-electron chi connectivity index (χ2n) is 6.32. The monoisotopic (exact) mass is 330 g/mol. The number of carbonyl (C=O) groups excluding carboxylic acids is 1. The standard InChI is InChI=1S/C20H30N2O2/c1-4-6-12-22(13-7-5-2)14-11-16-18(15-23)21-17-9-8-10-19(24-3)20(16)17/h8-10,15,21H,4-7,11-14H2,1-3H3. The van der Waals surface area contributed by atoms with Gasteiger partial charge in [0, 0.05) is 17.4 Å². The van der Waals surface area contributed by atoms with Crippen molar-refractivity contribution in [3.8, 4) is 5.75 Å². The fourth-order valence-electron chi connectivity index (χ4n) is 3.20. The van der Waals surface area contributed by atoms with Gasteiger partial charge in [-0.1, -0.05) is 32.8 Å². The van der Waals surface area contributed by atoms with E-state index in [2.05, 4.69) is 23.7 Å². The maximum Gasteiger partial charge on any atom is 0.166 e. The van der Waals surface area contributed by atoms with E-state index in [0.717, 1.165) is 54.6 Å². The lowest BCUT2D eigenvalue weighted by Gasteiger charge is -2.22. The van der Waals surface area contributed by atoms with Gasteiger partial charge >= 0.3 is 0 Å². The van der Waals surface area contributed by atoms with Crippen LogP contribution in [0.25, 0.3) is 10.9 Å². The van der Waals surface area contributed by atoms with E-state index in [1.807, 2.05) is 18.2 Å². The van der Waals surface area contributed by atoms with Crippen LogP contribution in [-0.2, 0) is 6.42 Å². The third kappa shape index (κ3) is 4.38. The Bertz CT molecular complexity index is 640. The highest BCUT2D eigenvalue weighted by molar-refractivity contribution is 5.96. The van der Waals surface area contributed by atoms with Crippen molar-refractivity contribution in [2.75, 3.05) is 26.7 Å². The molecular weight excluding hydrogens is 300 g/mol. The highest BCUT2D eigenvalue weighted by atomic mass is 16.5. The molecule has 0 radical (unpaired) electrons. The van der Waals surface area contributed by atoms with E-state index < -0.39 is 0 Å². The molecule has 4 heteroatoms. The molecule has 24 heavy (non-hydrogen) atoms. The first kappa shape index (κ1) is 18.5. The van der Waals surface area contributed by atoms with Gasteiger partial charge in [-0.2, -0.15) is 0 Å². The predicted octanol–water partition coefficient (Wildman–Crippen LogP) is 4.43. The second kappa shape index (κ2) is 9.48. The number of hydrogen-bond acceptors (Lipinski definition) is 3. The lowest BCUT2D eigenvalue weighted by atomic mass is 10.1. The molecular formula is C20H30N2O2. The van der Waals surface area contributed by atoms with Crippen LogP contribution < -0.4 is 4.74 Å². The Morgan fingerprint density at radius 3 is 2.42 bits per heavy atom. The topological polar surface area (TPSA) is 45.3 Å². The van der Waals surface area contributed by atoms with Gasteiger partial charge in [-0.25, -0.2) is 0 Å². The first-order chi connectivity index (χ1) is 11.7. The van der Waals surface area contributed by atoms with Crippen molar-refractivity contribution < 1.29 is 9.53 Å². The van der Waals surface area contributed by atoms with Crippen molar-refractivity contribution in [3.63, 3.8) is 0 Å². The number of aldehydes is 1. The molecule has 0 bridgehead atoms. The molecule has 0 fully saturated rings. The van der Waals surface area contributed by atoms with Gasteiger partial charge in [0.1, 0.15) is 5.75 Å². The SMILES string of the molecule is CCCCN(CCCC)CCc1c(C=O)[nH]c2cccc(OC)c12. The van der Waals surface area contributed by atoms with Gasteiger partial charge in [0.05, 0.1) is 12.8 Å². The summed E-state index contributed by atoms with van der Waals surface area (Å²) in [4.78, 5) is 17.3. The molecule has 0 aliphatic heterocycles. The van der Waals surface area contributed by atoms with Crippen molar-refractivity contribution in [1.29, 1.82) is 0 Å². The number of aromatic nitrogens is 1. The first-order valence-corrected chi connectivity index (χ1v) is 9.10. The van der Waals surface area contributed by atoms with E-state index in [1.54, 1.807) is 7.11 Å². The first-order valence-electron chi connectivity index (χ1n) is 9.10. The Morgan fingerprint density at radius 2 is 1.83 bits per heavy atom. The lowest BCUT2D eigenvalue weighted by Crippen LogP contribution is -2.28. The van der Waals surface area contributed by atoms with Crippen LogP contribution in [0.4, 0.5) is 0 Å². The average Bonchev–Trinajstić information content (AvgIpc) is 2.98. The van der Waals surface area contributed by atoms with E-state index in [-0.39, 0.29) is 0 Å². The van der Waals surface area contributed by atoms with Crippen molar-refractivity contribution in [3.05, 3.63) is 29.5 Å². The maximum atomic E-state index is 11.5. The molecule has 1 aromatic carbocycles. The Kier molecular flexibility index (Phi) is 7.32. The smallest absolute Gasteiger partial charge is 0.166 e. The fraction of sp³-hybridized carbons (Fsp3) is 0.550. The van der Waals surface area contributed by atoms with Gasteiger partial charge in [-0.3, -0.25) is 4.79 Å². The van der Waals surface area contributed by atoms with Crippen LogP contribution in [0.1, 0.15) is 55.6 Å². The van der Waals surface area contributed by atoms with Crippen LogP contribution in [0.3, 0.4) is 0 Å². The summed E-state index contributed by atoms with van der Waals surface area (Å²) in [6.07, 6.45) is 6.66. The van der Waals surface area contributed by atoms with E-state index in [9.17, 15) is 4.79 Å². The summed E-state index contributed by atoms with van der Waals surface area (Å²) in [6, 6.07) is 5.91. The van der Waals surface area contributed by atoms with Gasteiger partial charge in [-0.15, -0.1) is 0 Å². The average molecular weight is 330 g/mol. The van der Waals surface area contributed by atoms with E-state index in [1.165, 1.54) is 25.7 Å². The van der Waals surface area contributed by atoms with E-state index in [0.29, 0.717) is 5.69 Å². The van der Waals surface area contributed by atoms with Crippen LogP contribution in [0, 0.1) is 0 Å². The minimum absolute atomic E-state index is 0.681. The number of ether oxygens (including phenoxy) is 1. The number of H-pyrrole nitrogens is 1. The molecule has 0 atom stereocenters. The Morgan fingerprint density at radius 1 is 1.12 bits per heavy atom. The van der Waals surface area contributed by atoms with E-state index >= 15 is 0 Å². The molecule has 1 N–H and O–H groups in total. The van der Waals surface area contributed by atoms with Crippen molar-refractivity contribution >= 4 is 17.2 Å². The van der Waals surface area contributed by atoms with Crippen LogP contribution in [-0.4, -0.2) is 42.9 Å². The van der Waals surface area contributed by atoms with Gasteiger partial charge < -0.3 is 14.6 Å². The largest absolute Gasteiger partial charge is 0.496 e. The van der Waals surface area contributed by atoms with E-state index in [4.69, 9.17) is 4.74 Å². The minimum atomic E-state index is 0.681. The maximum absolute atomic E-state index is 11.5. The number of unbranched alkanes of at least 4 members (excludes halogenated alkanes) is 2. The Hall–Kier alpha value is -1.81. The number of nitrogens with one attached hydrogen (secondary N) is 1. The van der Waals surface area contributed by atoms with Crippen molar-refractivity contribution in [2.24, 2.45) is 0 Å². The number of fused-ring (bicyclic) bond motifs is 1. The number of methoxy groups -OCH3 is 1. The predicted molar refractivity (Wildman–Crippen MR) is 100 cm³/mol. The van der Waals surface area contributed by atoms with Crippen LogP contribution >= 0.6 is 0 Å². The number of hydrogen-bond donors (Lipinski definition) is 1. The second-order valence-corrected chi connectivity index (χ2v) is 6.32. The summed E-state index contributed by atoms with van der Waals surface area (Å²) in [5.74, 6) is 0.834. The van der Waals surface area contributed by atoms with Crippen LogP contribution in [0.2, 0.25) is 0 Å². The van der Waals surface area contributed by atoms with Crippen LogP contribution in [0.15, 0.2) is 18.2 Å².